The Balaban J connectivity index is 1.79. The van der Waals surface area contributed by atoms with Crippen LogP contribution >= 0.6 is 0 Å². The number of methoxy groups -OCH3 is 1. The van der Waals surface area contributed by atoms with E-state index in [9.17, 15) is 4.79 Å². The Morgan fingerprint density at radius 3 is 2.37 bits per heavy atom. The van der Waals surface area contributed by atoms with E-state index in [0.717, 1.165) is 28.4 Å². The van der Waals surface area contributed by atoms with Gasteiger partial charge in [-0.2, -0.15) is 0 Å². The van der Waals surface area contributed by atoms with Crippen LogP contribution in [-0.2, 0) is 11.3 Å². The molecule has 0 aliphatic carbocycles. The van der Waals surface area contributed by atoms with Crippen LogP contribution in [0.4, 0.5) is 0 Å². The van der Waals surface area contributed by atoms with Crippen molar-refractivity contribution in [2.45, 2.75) is 25.8 Å². The molecule has 5 nitrogen and oxygen atoms in total. The summed E-state index contributed by atoms with van der Waals surface area (Å²) in [6.45, 7) is 2.42. The van der Waals surface area contributed by atoms with Crippen LogP contribution in [0, 0.1) is 6.92 Å². The lowest BCUT2D eigenvalue weighted by atomic mass is 9.88. The van der Waals surface area contributed by atoms with Gasteiger partial charge in [-0.3, -0.25) is 4.79 Å². The molecular formula is C22H25N3O2. The number of rotatable bonds is 7. The Labute approximate surface area is 160 Å². The molecule has 0 unspecified atom stereocenters. The highest BCUT2D eigenvalue weighted by molar-refractivity contribution is 5.77. The Hall–Kier alpha value is -3.08. The first-order chi connectivity index (χ1) is 13.1. The first-order valence-corrected chi connectivity index (χ1v) is 9.00. The molecule has 27 heavy (non-hydrogen) atoms. The van der Waals surface area contributed by atoms with E-state index in [1.807, 2.05) is 56.4 Å². The van der Waals surface area contributed by atoms with Gasteiger partial charge < -0.3 is 14.6 Å². The number of aromatic amines is 1. The minimum absolute atomic E-state index is 0.00890. The molecule has 140 valence electrons. The van der Waals surface area contributed by atoms with E-state index < -0.39 is 0 Å². The van der Waals surface area contributed by atoms with E-state index in [0.29, 0.717) is 13.0 Å². The minimum atomic E-state index is -0.00890. The molecule has 0 saturated heterocycles. The lowest BCUT2D eigenvalue weighted by molar-refractivity contribution is -0.130. The normalized spacial score (nSPS) is 11.8. The minimum Gasteiger partial charge on any atom is -0.497 e. The van der Waals surface area contributed by atoms with Gasteiger partial charge in [0.1, 0.15) is 11.6 Å². The second-order valence-corrected chi connectivity index (χ2v) is 6.70. The maximum atomic E-state index is 12.9. The van der Waals surface area contributed by atoms with Crippen LogP contribution in [0.2, 0.25) is 0 Å². The Morgan fingerprint density at radius 2 is 1.78 bits per heavy atom. The van der Waals surface area contributed by atoms with Crippen LogP contribution in [0.15, 0.2) is 60.8 Å². The maximum Gasteiger partial charge on any atom is 0.223 e. The molecule has 0 bridgehead atoms. The van der Waals surface area contributed by atoms with E-state index >= 15 is 0 Å². The van der Waals surface area contributed by atoms with Crippen molar-refractivity contribution < 1.29 is 9.53 Å². The monoisotopic (exact) mass is 363 g/mol. The first-order valence-electron chi connectivity index (χ1n) is 9.00. The first kappa shape index (κ1) is 18.7. The second kappa shape index (κ2) is 8.54. The zero-order chi connectivity index (χ0) is 19.2. The smallest absolute Gasteiger partial charge is 0.223 e. The van der Waals surface area contributed by atoms with E-state index in [4.69, 9.17) is 4.74 Å². The lowest BCUT2D eigenvalue weighted by Crippen LogP contribution is -2.28. The number of amides is 1. The number of nitrogens with one attached hydrogen (secondary N) is 1. The Kier molecular flexibility index (Phi) is 5.91. The molecule has 0 radical (unpaired) electrons. The number of benzene rings is 2. The highest BCUT2D eigenvalue weighted by Crippen LogP contribution is 2.30. The van der Waals surface area contributed by atoms with Crippen molar-refractivity contribution in [3.8, 4) is 5.75 Å². The van der Waals surface area contributed by atoms with Gasteiger partial charge in [0.15, 0.2) is 0 Å². The zero-order valence-corrected chi connectivity index (χ0v) is 16.0. The van der Waals surface area contributed by atoms with Gasteiger partial charge in [0.2, 0.25) is 5.91 Å². The summed E-state index contributed by atoms with van der Waals surface area (Å²) in [4.78, 5) is 22.1. The number of carbonyl (C=O) groups excluding carboxylic acids is 1. The molecule has 5 heteroatoms. The number of ether oxygens (including phenoxy) is 1. The van der Waals surface area contributed by atoms with Crippen LogP contribution in [0.3, 0.4) is 0 Å². The molecule has 1 atom stereocenters. The molecule has 0 saturated carbocycles. The summed E-state index contributed by atoms with van der Waals surface area (Å²) >= 11 is 0. The molecule has 1 heterocycles. The summed E-state index contributed by atoms with van der Waals surface area (Å²) in [5, 5.41) is 0. The zero-order valence-electron chi connectivity index (χ0n) is 16.0. The van der Waals surface area contributed by atoms with Gasteiger partial charge in [-0.1, -0.05) is 42.5 Å². The molecule has 3 aromatic rings. The Bertz CT molecular complexity index is 872. The maximum absolute atomic E-state index is 12.9. The largest absolute Gasteiger partial charge is 0.497 e. The summed E-state index contributed by atoms with van der Waals surface area (Å²) in [7, 11) is 3.47. The van der Waals surface area contributed by atoms with Crippen LogP contribution < -0.4 is 4.74 Å². The number of hydrogen-bond donors (Lipinski definition) is 1. The van der Waals surface area contributed by atoms with Gasteiger partial charge in [-0.25, -0.2) is 4.98 Å². The van der Waals surface area contributed by atoms with Crippen molar-refractivity contribution in [1.82, 2.24) is 14.9 Å². The van der Waals surface area contributed by atoms with E-state index in [1.165, 1.54) is 0 Å². The van der Waals surface area contributed by atoms with Gasteiger partial charge >= 0.3 is 0 Å². The van der Waals surface area contributed by atoms with Gasteiger partial charge in [0, 0.05) is 31.3 Å². The third-order valence-corrected chi connectivity index (χ3v) is 4.67. The topological polar surface area (TPSA) is 58.2 Å². The fraction of sp³-hybridized carbons (Fsp3) is 0.273. The fourth-order valence-electron chi connectivity index (χ4n) is 3.14. The summed E-state index contributed by atoms with van der Waals surface area (Å²) in [5.41, 5.74) is 3.21. The number of aromatic nitrogens is 2. The van der Waals surface area contributed by atoms with Crippen molar-refractivity contribution in [3.05, 3.63) is 83.4 Å². The number of imidazole rings is 1. The van der Waals surface area contributed by atoms with E-state index in [2.05, 4.69) is 22.1 Å². The predicted octanol–water partition coefficient (Wildman–Crippen LogP) is 3.91. The number of carbonyl (C=O) groups is 1. The number of hydrogen-bond acceptors (Lipinski definition) is 3. The predicted molar refractivity (Wildman–Crippen MR) is 106 cm³/mol. The van der Waals surface area contributed by atoms with Crippen LogP contribution in [0.5, 0.6) is 5.75 Å². The third-order valence-electron chi connectivity index (χ3n) is 4.67. The van der Waals surface area contributed by atoms with Gasteiger partial charge in [-0.15, -0.1) is 0 Å². The summed E-state index contributed by atoms with van der Waals surface area (Å²) in [6.07, 6.45) is 2.17. The van der Waals surface area contributed by atoms with Gasteiger partial charge in [0.05, 0.1) is 13.7 Å². The Morgan fingerprint density at radius 1 is 1.11 bits per heavy atom. The standard InChI is InChI=1S/C22H25N3O2/c1-16-14-23-21(24-16)15-25(2)22(26)13-20(17-7-5-4-6-8-17)18-9-11-19(27-3)12-10-18/h4-12,14,20H,13,15H2,1-3H3,(H,23,24)/t20-/m0/s1. The van der Waals surface area contributed by atoms with Gasteiger partial charge in [-0.05, 0) is 30.2 Å². The van der Waals surface area contributed by atoms with E-state index in [-0.39, 0.29) is 11.8 Å². The number of aryl methyl sites for hydroxylation is 1. The molecule has 0 spiro atoms. The highest BCUT2D eigenvalue weighted by atomic mass is 16.5. The molecule has 3 rings (SSSR count). The van der Waals surface area contributed by atoms with Crippen molar-refractivity contribution >= 4 is 5.91 Å². The second-order valence-electron chi connectivity index (χ2n) is 6.70. The fourth-order valence-corrected chi connectivity index (χ4v) is 3.14. The molecule has 1 aromatic heterocycles. The molecular weight excluding hydrogens is 338 g/mol. The quantitative estimate of drug-likeness (QED) is 0.692. The van der Waals surface area contributed by atoms with Crippen LogP contribution in [0.25, 0.3) is 0 Å². The van der Waals surface area contributed by atoms with E-state index in [1.54, 1.807) is 18.2 Å². The molecule has 1 N–H and O–H groups in total. The highest BCUT2D eigenvalue weighted by Gasteiger charge is 2.21. The number of H-pyrrole nitrogens is 1. The van der Waals surface area contributed by atoms with Crippen molar-refractivity contribution in [1.29, 1.82) is 0 Å². The molecule has 1 amide bonds. The van der Waals surface area contributed by atoms with Crippen molar-refractivity contribution in [3.63, 3.8) is 0 Å². The molecule has 0 aliphatic heterocycles. The van der Waals surface area contributed by atoms with Gasteiger partial charge in [0.25, 0.3) is 0 Å². The lowest BCUT2D eigenvalue weighted by Gasteiger charge is -2.22. The summed E-state index contributed by atoms with van der Waals surface area (Å²) in [5.74, 6) is 1.67. The average molecular weight is 363 g/mol. The SMILES string of the molecule is COc1ccc([C@@H](CC(=O)N(C)Cc2ncc(C)[nH]2)c2ccccc2)cc1. The van der Waals surface area contributed by atoms with Crippen molar-refractivity contribution in [2.24, 2.45) is 0 Å². The molecule has 0 aliphatic rings. The molecule has 2 aromatic carbocycles. The molecule has 0 fully saturated rings. The summed E-state index contributed by atoms with van der Waals surface area (Å²) < 4.78 is 5.26. The van der Waals surface area contributed by atoms with Crippen LogP contribution in [-0.4, -0.2) is 34.9 Å². The number of nitrogens with zero attached hydrogens (tertiary/aromatic N) is 2. The van der Waals surface area contributed by atoms with Crippen molar-refractivity contribution in [2.75, 3.05) is 14.2 Å². The van der Waals surface area contributed by atoms with Crippen LogP contribution in [0.1, 0.15) is 35.0 Å². The summed E-state index contributed by atoms with van der Waals surface area (Å²) in [6, 6.07) is 18.1. The average Bonchev–Trinajstić information content (AvgIpc) is 3.11. The third kappa shape index (κ3) is 4.76.